The number of anilines is 1. The number of piperidine rings is 1. The summed E-state index contributed by atoms with van der Waals surface area (Å²) in [6.07, 6.45) is 0.281. The van der Waals surface area contributed by atoms with Crippen LogP contribution in [0, 0.1) is 0 Å². The molecule has 1 saturated heterocycles. The number of nitrogens with zero attached hydrogens (tertiary/aromatic N) is 2. The molecule has 0 amide bonds. The van der Waals surface area contributed by atoms with Gasteiger partial charge < -0.3 is 15.2 Å². The zero-order valence-electron chi connectivity index (χ0n) is 22.5. The van der Waals surface area contributed by atoms with Crippen LogP contribution in [-0.2, 0) is 15.6 Å². The van der Waals surface area contributed by atoms with Gasteiger partial charge in [0.05, 0.1) is 12.6 Å². The Labute approximate surface area is 264 Å². The highest BCUT2D eigenvalue weighted by molar-refractivity contribution is 9.10. The van der Waals surface area contributed by atoms with Gasteiger partial charge in [-0.05, 0) is 81.9 Å². The number of aromatic nitrogens is 1. The summed E-state index contributed by atoms with van der Waals surface area (Å²) in [5, 5.41) is 17.4. The third-order valence-electron chi connectivity index (χ3n) is 7.44. The normalized spacial score (nSPS) is 15.5. The number of hydrogen-bond acceptors (Lipinski definition) is 6. The molecule has 2 heterocycles. The van der Waals surface area contributed by atoms with Crippen LogP contribution in [0.4, 0.5) is 18.9 Å². The van der Waals surface area contributed by atoms with E-state index in [1.165, 1.54) is 7.11 Å². The molecule has 1 aromatic heterocycles. The lowest BCUT2D eigenvalue weighted by Gasteiger charge is -2.33. The molecule has 0 saturated carbocycles. The van der Waals surface area contributed by atoms with Crippen molar-refractivity contribution >= 4 is 65.7 Å². The Kier molecular flexibility index (Phi) is 8.92. The fourth-order valence-corrected chi connectivity index (χ4v) is 6.97. The summed E-state index contributed by atoms with van der Waals surface area (Å²) in [5.74, 6) is 0.284. The molecule has 0 unspecified atom stereocenters. The van der Waals surface area contributed by atoms with Crippen LogP contribution in [0.1, 0.15) is 29.5 Å². The molecule has 4 aromatic rings. The van der Waals surface area contributed by atoms with Crippen molar-refractivity contribution in [2.75, 3.05) is 25.5 Å². The van der Waals surface area contributed by atoms with E-state index in [0.717, 1.165) is 0 Å². The van der Waals surface area contributed by atoms with E-state index in [2.05, 4.69) is 26.2 Å². The van der Waals surface area contributed by atoms with Crippen molar-refractivity contribution < 1.29 is 31.4 Å². The van der Waals surface area contributed by atoms with E-state index in [-0.39, 0.29) is 37.9 Å². The van der Waals surface area contributed by atoms with Crippen molar-refractivity contribution in [1.29, 1.82) is 0 Å². The van der Waals surface area contributed by atoms with Crippen LogP contribution in [0.25, 0.3) is 10.9 Å². The molecule has 2 N–H and O–H groups in total. The lowest BCUT2D eigenvalue weighted by Crippen LogP contribution is -2.47. The highest BCUT2D eigenvalue weighted by atomic mass is 79.9. The first-order valence-corrected chi connectivity index (χ1v) is 16.0. The average Bonchev–Trinajstić information content (AvgIpc) is 2.97. The van der Waals surface area contributed by atoms with Gasteiger partial charge in [-0.25, -0.2) is 13.4 Å². The lowest BCUT2D eigenvalue weighted by atomic mass is 9.80. The van der Waals surface area contributed by atoms with E-state index in [1.807, 2.05) is 0 Å². The van der Waals surface area contributed by atoms with Crippen molar-refractivity contribution in [2.45, 2.75) is 30.0 Å². The van der Waals surface area contributed by atoms with Crippen molar-refractivity contribution in [1.82, 2.24) is 9.29 Å². The van der Waals surface area contributed by atoms with Gasteiger partial charge in [0.15, 0.2) is 0 Å². The number of benzene rings is 3. The Morgan fingerprint density at radius 3 is 1.98 bits per heavy atom. The molecule has 1 aliphatic heterocycles. The smallest absolute Gasteiger partial charge is 0.481 e. The monoisotopic (exact) mass is 717 g/mol. The summed E-state index contributed by atoms with van der Waals surface area (Å²) >= 11 is 15.9. The van der Waals surface area contributed by atoms with Gasteiger partial charge in [0, 0.05) is 50.8 Å². The molecule has 1 aliphatic rings. The highest BCUT2D eigenvalue weighted by Gasteiger charge is 2.50. The van der Waals surface area contributed by atoms with Gasteiger partial charge in [0.1, 0.15) is 5.60 Å². The van der Waals surface area contributed by atoms with Crippen LogP contribution < -0.4 is 10.1 Å². The fraction of sp³-hybridized carbons (Fsp3) is 0.276. The second kappa shape index (κ2) is 12.1. The summed E-state index contributed by atoms with van der Waals surface area (Å²) in [6, 6.07) is 18.5. The lowest BCUT2D eigenvalue weighted by molar-refractivity contribution is -0.0494. The number of rotatable bonds is 7. The van der Waals surface area contributed by atoms with Crippen LogP contribution in [0.5, 0.6) is 5.88 Å². The molecule has 14 heteroatoms. The molecule has 7 nitrogen and oxygen atoms in total. The summed E-state index contributed by atoms with van der Waals surface area (Å²) < 4.78 is 69.4. The fourth-order valence-electron chi connectivity index (χ4n) is 5.18. The Bertz CT molecular complexity index is 1710. The number of alkyl halides is 3. The number of halogens is 6. The Balaban J connectivity index is 1.58. The molecule has 0 radical (unpaired) electrons. The summed E-state index contributed by atoms with van der Waals surface area (Å²) in [6.45, 7) is -0.580. The van der Waals surface area contributed by atoms with Gasteiger partial charge in [0.2, 0.25) is 5.88 Å². The van der Waals surface area contributed by atoms with Crippen LogP contribution in [0.2, 0.25) is 10.0 Å². The minimum absolute atomic E-state index is 0.141. The van der Waals surface area contributed by atoms with E-state index in [1.54, 1.807) is 66.7 Å². The number of nitrogens with one attached hydrogen (secondary N) is 1. The standard InChI is InChI=1S/C29H25BrCl2F3N3O4S/c1-42-26-16-25(36-22-10-12-38(13-11-22)43(40,41)29(33,34)35)23-14-19(15-24(30)27(23)37-26)28(39,17-2-6-20(31)7-3-17)18-4-8-21(32)9-5-18/h2-9,14-16,22,39H,10-13H2,1H3,(H,36,37). The molecule has 0 bridgehead atoms. The Morgan fingerprint density at radius 2 is 1.49 bits per heavy atom. The third-order valence-corrected chi connectivity index (χ3v) is 10.2. The Hall–Kier alpha value is -2.61. The van der Waals surface area contributed by atoms with E-state index >= 15 is 0 Å². The molecule has 0 spiro atoms. The maximum atomic E-state index is 13.1. The van der Waals surface area contributed by atoms with Crippen molar-refractivity contribution in [3.8, 4) is 5.88 Å². The van der Waals surface area contributed by atoms with E-state index in [0.29, 0.717) is 52.1 Å². The molecular formula is C29H25BrCl2F3N3O4S. The number of sulfonamides is 1. The van der Waals surface area contributed by atoms with Gasteiger partial charge in [-0.2, -0.15) is 17.5 Å². The van der Waals surface area contributed by atoms with Crippen LogP contribution in [-0.4, -0.2) is 54.6 Å². The maximum absolute atomic E-state index is 13.1. The molecule has 5 rings (SSSR count). The number of methoxy groups -OCH3 is 1. The van der Waals surface area contributed by atoms with E-state index in [9.17, 15) is 26.7 Å². The minimum Gasteiger partial charge on any atom is -0.481 e. The number of pyridine rings is 1. The molecule has 228 valence electrons. The van der Waals surface area contributed by atoms with E-state index in [4.69, 9.17) is 27.9 Å². The largest absolute Gasteiger partial charge is 0.511 e. The molecule has 1 fully saturated rings. The topological polar surface area (TPSA) is 91.8 Å². The molecule has 0 atom stereocenters. The number of ether oxygens (including phenoxy) is 1. The van der Waals surface area contributed by atoms with Crippen molar-refractivity contribution in [2.24, 2.45) is 0 Å². The summed E-state index contributed by atoms with van der Waals surface area (Å²) in [7, 11) is -3.94. The highest BCUT2D eigenvalue weighted by Crippen LogP contribution is 2.42. The maximum Gasteiger partial charge on any atom is 0.511 e. The third kappa shape index (κ3) is 6.18. The predicted molar refractivity (Wildman–Crippen MR) is 164 cm³/mol. The summed E-state index contributed by atoms with van der Waals surface area (Å²) in [5.41, 5.74) is -4.37. The van der Waals surface area contributed by atoms with Gasteiger partial charge in [-0.3, -0.25) is 0 Å². The first kappa shape index (κ1) is 31.8. The van der Waals surface area contributed by atoms with E-state index < -0.39 is 21.1 Å². The second-order valence-electron chi connectivity index (χ2n) is 10.1. The molecular weight excluding hydrogens is 694 g/mol. The number of aliphatic hydroxyl groups is 1. The van der Waals surface area contributed by atoms with Crippen molar-refractivity contribution in [3.63, 3.8) is 0 Å². The average molecular weight is 719 g/mol. The van der Waals surface area contributed by atoms with Gasteiger partial charge in [-0.15, -0.1) is 0 Å². The molecule has 3 aromatic carbocycles. The van der Waals surface area contributed by atoms with Crippen LogP contribution in [0.3, 0.4) is 0 Å². The Morgan fingerprint density at radius 1 is 0.953 bits per heavy atom. The minimum atomic E-state index is -5.40. The number of fused-ring (bicyclic) bond motifs is 1. The van der Waals surface area contributed by atoms with Gasteiger partial charge in [0.25, 0.3) is 0 Å². The number of hydrogen-bond donors (Lipinski definition) is 2. The van der Waals surface area contributed by atoms with Gasteiger partial charge in [-0.1, -0.05) is 47.5 Å². The van der Waals surface area contributed by atoms with Crippen molar-refractivity contribution in [3.05, 3.63) is 97.9 Å². The van der Waals surface area contributed by atoms with Crippen LogP contribution in [0.15, 0.2) is 71.2 Å². The zero-order chi connectivity index (χ0) is 31.2. The predicted octanol–water partition coefficient (Wildman–Crippen LogP) is 7.32. The van der Waals surface area contributed by atoms with Crippen LogP contribution >= 0.6 is 39.1 Å². The SMILES string of the molecule is COc1cc(NC2CCN(S(=O)(=O)C(F)(F)F)CC2)c2cc(C(O)(c3ccc(Cl)cc3)c3ccc(Cl)cc3)cc(Br)c2n1. The first-order chi connectivity index (χ1) is 20.2. The second-order valence-corrected chi connectivity index (χ2v) is 13.7. The first-order valence-electron chi connectivity index (χ1n) is 13.0. The van der Waals surface area contributed by atoms with Gasteiger partial charge >= 0.3 is 15.5 Å². The summed E-state index contributed by atoms with van der Waals surface area (Å²) in [4.78, 5) is 4.57. The zero-order valence-corrected chi connectivity index (χ0v) is 26.4. The quantitative estimate of drug-likeness (QED) is 0.195. The molecule has 0 aliphatic carbocycles. The molecule has 43 heavy (non-hydrogen) atoms.